The Bertz CT molecular complexity index is 488. The Morgan fingerprint density at radius 1 is 1.31 bits per heavy atom. The lowest BCUT2D eigenvalue weighted by molar-refractivity contribution is 0.920. The molecule has 0 fully saturated rings. The van der Waals surface area contributed by atoms with Gasteiger partial charge in [-0.25, -0.2) is 0 Å². The van der Waals surface area contributed by atoms with Crippen LogP contribution in [0.1, 0.15) is 11.1 Å². The standard InChI is InChI=1S/C13H15ClN2/c1-10-3-4-12(14)7-13(10)15-8-11-5-6-16(2)9-11/h3-7,9,15H,8H2,1-2H3. The number of hydrogen-bond donors (Lipinski definition) is 1. The maximum atomic E-state index is 5.96. The number of halogens is 1. The molecule has 1 aromatic heterocycles. The van der Waals surface area contributed by atoms with E-state index in [1.54, 1.807) is 0 Å². The van der Waals surface area contributed by atoms with E-state index in [9.17, 15) is 0 Å². The molecule has 2 nitrogen and oxygen atoms in total. The van der Waals surface area contributed by atoms with Gasteiger partial charge in [0, 0.05) is 36.7 Å². The highest BCUT2D eigenvalue weighted by atomic mass is 35.5. The summed E-state index contributed by atoms with van der Waals surface area (Å²) >= 11 is 5.96. The van der Waals surface area contributed by atoms with Crippen molar-refractivity contribution in [3.05, 3.63) is 52.8 Å². The highest BCUT2D eigenvalue weighted by Crippen LogP contribution is 2.20. The van der Waals surface area contributed by atoms with Gasteiger partial charge >= 0.3 is 0 Å². The van der Waals surface area contributed by atoms with Gasteiger partial charge in [-0.2, -0.15) is 0 Å². The van der Waals surface area contributed by atoms with E-state index in [0.717, 1.165) is 17.3 Å². The molecule has 0 bridgehead atoms. The summed E-state index contributed by atoms with van der Waals surface area (Å²) in [5, 5.41) is 4.15. The summed E-state index contributed by atoms with van der Waals surface area (Å²) in [7, 11) is 2.02. The van der Waals surface area contributed by atoms with Crippen LogP contribution in [-0.2, 0) is 13.6 Å². The number of nitrogens with one attached hydrogen (secondary N) is 1. The number of aryl methyl sites for hydroxylation is 2. The van der Waals surface area contributed by atoms with Gasteiger partial charge in [-0.05, 0) is 36.2 Å². The summed E-state index contributed by atoms with van der Waals surface area (Å²) in [6.45, 7) is 2.89. The lowest BCUT2D eigenvalue weighted by Gasteiger charge is -2.08. The average molecular weight is 235 g/mol. The Labute approximate surface area is 101 Å². The number of aromatic nitrogens is 1. The lowest BCUT2D eigenvalue weighted by atomic mass is 10.2. The molecule has 1 heterocycles. The fraction of sp³-hybridized carbons (Fsp3) is 0.231. The molecule has 2 rings (SSSR count). The minimum Gasteiger partial charge on any atom is -0.381 e. The second kappa shape index (κ2) is 4.62. The fourth-order valence-corrected chi connectivity index (χ4v) is 1.82. The number of rotatable bonds is 3. The Kier molecular flexibility index (Phi) is 3.20. The topological polar surface area (TPSA) is 17.0 Å². The molecule has 0 amide bonds. The van der Waals surface area contributed by atoms with E-state index in [2.05, 4.69) is 24.5 Å². The molecule has 0 spiro atoms. The van der Waals surface area contributed by atoms with Gasteiger partial charge in [0.1, 0.15) is 0 Å². The highest BCUT2D eigenvalue weighted by molar-refractivity contribution is 6.30. The van der Waals surface area contributed by atoms with Gasteiger partial charge in [0.2, 0.25) is 0 Å². The van der Waals surface area contributed by atoms with Crippen molar-refractivity contribution >= 4 is 17.3 Å². The lowest BCUT2D eigenvalue weighted by Crippen LogP contribution is -2.00. The third-order valence-electron chi connectivity index (χ3n) is 2.58. The normalized spacial score (nSPS) is 10.4. The molecule has 0 aliphatic heterocycles. The van der Waals surface area contributed by atoms with Crippen molar-refractivity contribution in [3.63, 3.8) is 0 Å². The van der Waals surface area contributed by atoms with E-state index in [4.69, 9.17) is 11.6 Å². The number of hydrogen-bond acceptors (Lipinski definition) is 1. The van der Waals surface area contributed by atoms with Crippen LogP contribution in [0.2, 0.25) is 5.02 Å². The molecule has 0 atom stereocenters. The first-order chi connectivity index (χ1) is 7.65. The van der Waals surface area contributed by atoms with E-state index in [0.29, 0.717) is 0 Å². The van der Waals surface area contributed by atoms with Gasteiger partial charge in [-0.3, -0.25) is 0 Å². The van der Waals surface area contributed by atoms with Crippen LogP contribution in [0, 0.1) is 6.92 Å². The van der Waals surface area contributed by atoms with Crippen molar-refractivity contribution in [2.24, 2.45) is 7.05 Å². The van der Waals surface area contributed by atoms with Crippen molar-refractivity contribution in [2.75, 3.05) is 5.32 Å². The Morgan fingerprint density at radius 3 is 2.81 bits per heavy atom. The van der Waals surface area contributed by atoms with Crippen LogP contribution in [0.5, 0.6) is 0 Å². The number of nitrogens with zero attached hydrogens (tertiary/aromatic N) is 1. The molecule has 0 radical (unpaired) electrons. The third kappa shape index (κ3) is 2.58. The first kappa shape index (κ1) is 11.1. The second-order valence-electron chi connectivity index (χ2n) is 4.00. The quantitative estimate of drug-likeness (QED) is 0.859. The van der Waals surface area contributed by atoms with Crippen LogP contribution >= 0.6 is 11.6 Å². The van der Waals surface area contributed by atoms with E-state index in [1.807, 2.05) is 36.0 Å². The molecule has 0 saturated heterocycles. The molecule has 0 saturated carbocycles. The van der Waals surface area contributed by atoms with Crippen molar-refractivity contribution in [3.8, 4) is 0 Å². The predicted octanol–water partition coefficient (Wildman–Crippen LogP) is 3.60. The van der Waals surface area contributed by atoms with Crippen molar-refractivity contribution in [1.29, 1.82) is 0 Å². The minimum absolute atomic E-state index is 0.765. The van der Waals surface area contributed by atoms with Crippen LogP contribution in [0.15, 0.2) is 36.7 Å². The van der Waals surface area contributed by atoms with Crippen molar-refractivity contribution in [1.82, 2.24) is 4.57 Å². The molecule has 84 valence electrons. The van der Waals surface area contributed by atoms with E-state index in [1.165, 1.54) is 11.1 Å². The monoisotopic (exact) mass is 234 g/mol. The summed E-state index contributed by atoms with van der Waals surface area (Å²) in [6, 6.07) is 7.99. The predicted molar refractivity (Wildman–Crippen MR) is 68.9 cm³/mol. The molecule has 1 aromatic carbocycles. The Morgan fingerprint density at radius 2 is 2.12 bits per heavy atom. The molecule has 0 aliphatic carbocycles. The Hall–Kier alpha value is -1.41. The molecule has 0 aliphatic rings. The zero-order chi connectivity index (χ0) is 11.5. The summed E-state index contributed by atoms with van der Waals surface area (Å²) < 4.78 is 2.04. The van der Waals surface area contributed by atoms with Crippen LogP contribution in [0.4, 0.5) is 5.69 Å². The van der Waals surface area contributed by atoms with E-state index in [-0.39, 0.29) is 0 Å². The molecule has 2 aromatic rings. The zero-order valence-corrected chi connectivity index (χ0v) is 10.3. The van der Waals surface area contributed by atoms with Gasteiger partial charge in [0.05, 0.1) is 0 Å². The maximum Gasteiger partial charge on any atom is 0.0426 e. The van der Waals surface area contributed by atoms with Crippen molar-refractivity contribution in [2.45, 2.75) is 13.5 Å². The van der Waals surface area contributed by atoms with Crippen LogP contribution in [0.25, 0.3) is 0 Å². The first-order valence-electron chi connectivity index (χ1n) is 5.26. The van der Waals surface area contributed by atoms with Gasteiger partial charge in [0.25, 0.3) is 0 Å². The minimum atomic E-state index is 0.765. The molecular weight excluding hydrogens is 220 g/mol. The SMILES string of the molecule is Cc1ccc(Cl)cc1NCc1ccn(C)c1. The van der Waals surface area contributed by atoms with Gasteiger partial charge in [0.15, 0.2) is 0 Å². The third-order valence-corrected chi connectivity index (χ3v) is 2.81. The van der Waals surface area contributed by atoms with Crippen LogP contribution in [-0.4, -0.2) is 4.57 Å². The van der Waals surface area contributed by atoms with Crippen LogP contribution < -0.4 is 5.32 Å². The first-order valence-corrected chi connectivity index (χ1v) is 5.64. The summed E-state index contributed by atoms with van der Waals surface area (Å²) in [6.07, 6.45) is 4.15. The number of anilines is 1. The summed E-state index contributed by atoms with van der Waals surface area (Å²) in [5.41, 5.74) is 3.57. The smallest absolute Gasteiger partial charge is 0.0426 e. The summed E-state index contributed by atoms with van der Waals surface area (Å²) in [4.78, 5) is 0. The van der Waals surface area contributed by atoms with E-state index >= 15 is 0 Å². The molecule has 1 N–H and O–H groups in total. The van der Waals surface area contributed by atoms with Gasteiger partial charge in [-0.15, -0.1) is 0 Å². The summed E-state index contributed by atoms with van der Waals surface area (Å²) in [5.74, 6) is 0. The number of benzene rings is 1. The molecule has 3 heteroatoms. The Balaban J connectivity index is 2.07. The molecular formula is C13H15ClN2. The highest BCUT2D eigenvalue weighted by Gasteiger charge is 2.00. The maximum absolute atomic E-state index is 5.96. The molecule has 0 unspecified atom stereocenters. The largest absolute Gasteiger partial charge is 0.381 e. The fourth-order valence-electron chi connectivity index (χ4n) is 1.65. The average Bonchev–Trinajstić information content (AvgIpc) is 2.66. The van der Waals surface area contributed by atoms with E-state index < -0.39 is 0 Å². The second-order valence-corrected chi connectivity index (χ2v) is 4.43. The molecule has 16 heavy (non-hydrogen) atoms. The van der Waals surface area contributed by atoms with Gasteiger partial charge < -0.3 is 9.88 Å². The van der Waals surface area contributed by atoms with Gasteiger partial charge in [-0.1, -0.05) is 17.7 Å². The van der Waals surface area contributed by atoms with Crippen LogP contribution in [0.3, 0.4) is 0 Å². The zero-order valence-electron chi connectivity index (χ0n) is 9.50. The van der Waals surface area contributed by atoms with Crippen molar-refractivity contribution < 1.29 is 0 Å².